The Morgan fingerprint density at radius 1 is 1.10 bits per heavy atom. The lowest BCUT2D eigenvalue weighted by Crippen LogP contribution is -2.22. The molecule has 0 heterocycles. The summed E-state index contributed by atoms with van der Waals surface area (Å²) < 4.78 is 5.56. The van der Waals surface area contributed by atoms with Crippen LogP contribution in [0.2, 0.25) is 0 Å². The number of aliphatic hydroxyl groups is 2. The van der Waals surface area contributed by atoms with E-state index in [9.17, 15) is 5.11 Å². The number of aliphatic hydroxyl groups excluding tert-OH is 2. The minimum Gasteiger partial charge on any atom is -0.394 e. The standard InChI is InChI=1S/C17H18O3/c18-9-10-20-16(11-19)14-8-7-13-4-1-3-12-5-2-6-15(14)17(12)13/h1-6,8,16,18-19H,7,9-11H2. The van der Waals surface area contributed by atoms with Crippen LogP contribution in [-0.4, -0.2) is 36.1 Å². The van der Waals surface area contributed by atoms with Crippen molar-refractivity contribution in [2.45, 2.75) is 12.5 Å². The summed E-state index contributed by atoms with van der Waals surface area (Å²) in [7, 11) is 0. The van der Waals surface area contributed by atoms with Crippen LogP contribution in [0.5, 0.6) is 0 Å². The highest BCUT2D eigenvalue weighted by Crippen LogP contribution is 2.35. The van der Waals surface area contributed by atoms with Crippen molar-refractivity contribution in [2.24, 2.45) is 0 Å². The van der Waals surface area contributed by atoms with Crippen molar-refractivity contribution in [2.75, 3.05) is 19.8 Å². The third-order valence-electron chi connectivity index (χ3n) is 3.77. The van der Waals surface area contributed by atoms with Gasteiger partial charge in [0.15, 0.2) is 0 Å². The first kappa shape index (κ1) is 13.3. The summed E-state index contributed by atoms with van der Waals surface area (Å²) in [6, 6.07) is 12.5. The average Bonchev–Trinajstić information content (AvgIpc) is 2.50. The number of benzene rings is 2. The topological polar surface area (TPSA) is 49.7 Å². The van der Waals surface area contributed by atoms with Gasteiger partial charge in [0, 0.05) is 0 Å². The van der Waals surface area contributed by atoms with Crippen LogP contribution in [0.3, 0.4) is 0 Å². The van der Waals surface area contributed by atoms with Gasteiger partial charge >= 0.3 is 0 Å². The van der Waals surface area contributed by atoms with Gasteiger partial charge in [-0.1, -0.05) is 42.5 Å². The van der Waals surface area contributed by atoms with Crippen molar-refractivity contribution < 1.29 is 14.9 Å². The lowest BCUT2D eigenvalue weighted by atomic mass is 9.86. The van der Waals surface area contributed by atoms with Crippen molar-refractivity contribution in [1.29, 1.82) is 0 Å². The van der Waals surface area contributed by atoms with Crippen LogP contribution in [0.25, 0.3) is 16.3 Å². The van der Waals surface area contributed by atoms with E-state index < -0.39 is 0 Å². The molecule has 2 aromatic rings. The number of hydrogen-bond acceptors (Lipinski definition) is 3. The molecule has 3 rings (SSSR count). The van der Waals surface area contributed by atoms with Gasteiger partial charge in [0.1, 0.15) is 6.10 Å². The zero-order valence-electron chi connectivity index (χ0n) is 11.2. The van der Waals surface area contributed by atoms with E-state index >= 15 is 0 Å². The van der Waals surface area contributed by atoms with Gasteiger partial charge in [-0.05, 0) is 33.9 Å². The molecule has 0 saturated heterocycles. The molecule has 104 valence electrons. The highest BCUT2D eigenvalue weighted by molar-refractivity contribution is 5.98. The lowest BCUT2D eigenvalue weighted by Gasteiger charge is -2.24. The molecule has 0 saturated carbocycles. The second-order valence-electron chi connectivity index (χ2n) is 4.95. The van der Waals surface area contributed by atoms with Crippen LogP contribution in [0.4, 0.5) is 0 Å². The first-order valence-corrected chi connectivity index (χ1v) is 6.89. The molecule has 1 unspecified atom stereocenters. The molecular formula is C17H18O3. The molecule has 0 spiro atoms. The Kier molecular flexibility index (Phi) is 3.83. The first-order chi connectivity index (χ1) is 9.85. The highest BCUT2D eigenvalue weighted by Gasteiger charge is 2.21. The molecule has 2 N–H and O–H groups in total. The molecule has 2 aromatic carbocycles. The van der Waals surface area contributed by atoms with E-state index in [2.05, 4.69) is 36.4 Å². The zero-order valence-corrected chi connectivity index (χ0v) is 11.2. The molecule has 1 aliphatic carbocycles. The van der Waals surface area contributed by atoms with Crippen LogP contribution in [0.15, 0.2) is 42.5 Å². The van der Waals surface area contributed by atoms with E-state index in [-0.39, 0.29) is 25.9 Å². The van der Waals surface area contributed by atoms with Crippen LogP contribution < -0.4 is 0 Å². The number of allylic oxidation sites excluding steroid dienone is 1. The molecule has 0 fully saturated rings. The molecule has 0 amide bonds. The van der Waals surface area contributed by atoms with E-state index in [1.165, 1.54) is 16.3 Å². The minimum atomic E-state index is -0.374. The maximum Gasteiger partial charge on any atom is 0.106 e. The van der Waals surface area contributed by atoms with Gasteiger partial charge in [0.2, 0.25) is 0 Å². The van der Waals surface area contributed by atoms with Crippen molar-refractivity contribution in [3.63, 3.8) is 0 Å². The third kappa shape index (κ3) is 2.24. The molecule has 1 aliphatic rings. The fourth-order valence-electron chi connectivity index (χ4n) is 2.90. The van der Waals surface area contributed by atoms with Gasteiger partial charge < -0.3 is 14.9 Å². The Morgan fingerprint density at radius 3 is 2.65 bits per heavy atom. The summed E-state index contributed by atoms with van der Waals surface area (Å²) in [5.74, 6) is 0. The predicted molar refractivity (Wildman–Crippen MR) is 79.5 cm³/mol. The molecule has 0 radical (unpaired) electrons. The summed E-state index contributed by atoms with van der Waals surface area (Å²) >= 11 is 0. The van der Waals surface area contributed by atoms with E-state index in [4.69, 9.17) is 9.84 Å². The monoisotopic (exact) mass is 270 g/mol. The number of rotatable bonds is 5. The maximum absolute atomic E-state index is 9.56. The summed E-state index contributed by atoms with van der Waals surface area (Å²) in [5, 5.41) is 20.9. The molecule has 0 aromatic heterocycles. The summed E-state index contributed by atoms with van der Waals surface area (Å²) in [4.78, 5) is 0. The van der Waals surface area contributed by atoms with E-state index in [1.54, 1.807) is 0 Å². The van der Waals surface area contributed by atoms with Gasteiger partial charge in [0.25, 0.3) is 0 Å². The fraction of sp³-hybridized carbons (Fsp3) is 0.294. The Morgan fingerprint density at radius 2 is 1.90 bits per heavy atom. The Hall–Kier alpha value is -1.68. The van der Waals surface area contributed by atoms with Crippen molar-refractivity contribution in [3.05, 3.63) is 53.6 Å². The normalized spacial score (nSPS) is 15.2. The van der Waals surface area contributed by atoms with Crippen LogP contribution in [0.1, 0.15) is 11.1 Å². The molecule has 0 bridgehead atoms. The highest BCUT2D eigenvalue weighted by atomic mass is 16.5. The fourth-order valence-corrected chi connectivity index (χ4v) is 2.90. The SMILES string of the molecule is OCCOC(CO)C1=CCc2cccc3cccc1c23. The van der Waals surface area contributed by atoms with Gasteiger partial charge in [0.05, 0.1) is 19.8 Å². The van der Waals surface area contributed by atoms with E-state index in [0.29, 0.717) is 0 Å². The summed E-state index contributed by atoms with van der Waals surface area (Å²) in [6.07, 6.45) is 2.60. The van der Waals surface area contributed by atoms with Crippen molar-refractivity contribution in [3.8, 4) is 0 Å². The Balaban J connectivity index is 2.06. The summed E-state index contributed by atoms with van der Waals surface area (Å²) in [6.45, 7) is 0.120. The molecule has 3 nitrogen and oxygen atoms in total. The van der Waals surface area contributed by atoms with Crippen molar-refractivity contribution >= 4 is 16.3 Å². The second kappa shape index (κ2) is 5.75. The summed E-state index contributed by atoms with van der Waals surface area (Å²) in [5.41, 5.74) is 3.45. The van der Waals surface area contributed by atoms with Gasteiger partial charge in [-0.25, -0.2) is 0 Å². The van der Waals surface area contributed by atoms with Gasteiger partial charge in [-0.2, -0.15) is 0 Å². The van der Waals surface area contributed by atoms with Gasteiger partial charge in [-0.3, -0.25) is 0 Å². The van der Waals surface area contributed by atoms with Crippen LogP contribution >= 0.6 is 0 Å². The van der Waals surface area contributed by atoms with Crippen LogP contribution in [0, 0.1) is 0 Å². The number of ether oxygens (including phenoxy) is 1. The lowest BCUT2D eigenvalue weighted by molar-refractivity contribution is 0.0282. The largest absolute Gasteiger partial charge is 0.394 e. The Labute approximate surface area is 118 Å². The third-order valence-corrected chi connectivity index (χ3v) is 3.77. The average molecular weight is 270 g/mol. The van der Waals surface area contributed by atoms with E-state index in [0.717, 1.165) is 17.6 Å². The maximum atomic E-state index is 9.56. The zero-order chi connectivity index (χ0) is 13.9. The van der Waals surface area contributed by atoms with Gasteiger partial charge in [-0.15, -0.1) is 0 Å². The molecule has 0 aliphatic heterocycles. The second-order valence-corrected chi connectivity index (χ2v) is 4.95. The van der Waals surface area contributed by atoms with E-state index in [1.807, 2.05) is 6.07 Å². The number of hydrogen-bond donors (Lipinski definition) is 2. The first-order valence-electron chi connectivity index (χ1n) is 6.89. The van der Waals surface area contributed by atoms with Crippen molar-refractivity contribution in [1.82, 2.24) is 0 Å². The molecule has 3 heteroatoms. The minimum absolute atomic E-state index is 0.0371. The molecule has 1 atom stereocenters. The quantitative estimate of drug-likeness (QED) is 0.875. The predicted octanol–water partition coefficient (Wildman–Crippen LogP) is 2.15. The molecular weight excluding hydrogens is 252 g/mol. The molecule has 20 heavy (non-hydrogen) atoms. The smallest absolute Gasteiger partial charge is 0.106 e. The van der Waals surface area contributed by atoms with Crippen LogP contribution in [-0.2, 0) is 11.2 Å². The Bertz CT molecular complexity index is 640.